The molecule has 0 aromatic rings. The Kier molecular flexibility index (Phi) is 7.78. The number of unbranched alkanes of at least 4 members (excludes halogenated alkanes) is 3. The standard InChI is InChI=1S/C16H34N2S/c1-14(2)15-12-17-16(3,4)13-18(15)10-8-6-7-9-11-19-5/h14-15,17H,6-13H2,1-5H3. The van der Waals surface area contributed by atoms with Gasteiger partial charge in [0.15, 0.2) is 0 Å². The molecule has 1 unspecified atom stereocenters. The molecule has 0 saturated carbocycles. The Morgan fingerprint density at radius 2 is 1.89 bits per heavy atom. The second-order valence-electron chi connectivity index (χ2n) is 6.95. The van der Waals surface area contributed by atoms with Crippen LogP contribution in [0.4, 0.5) is 0 Å². The van der Waals surface area contributed by atoms with Gasteiger partial charge in [-0.3, -0.25) is 4.90 Å². The van der Waals surface area contributed by atoms with E-state index in [1.807, 2.05) is 11.8 Å². The van der Waals surface area contributed by atoms with Gasteiger partial charge in [-0.15, -0.1) is 0 Å². The molecule has 1 aliphatic rings. The van der Waals surface area contributed by atoms with Crippen LogP contribution in [0.2, 0.25) is 0 Å². The first-order chi connectivity index (χ1) is 8.96. The normalized spacial score (nSPS) is 24.0. The average molecular weight is 287 g/mol. The summed E-state index contributed by atoms with van der Waals surface area (Å²) in [6.07, 6.45) is 7.77. The van der Waals surface area contributed by atoms with E-state index in [9.17, 15) is 0 Å². The Balaban J connectivity index is 2.30. The lowest BCUT2D eigenvalue weighted by Gasteiger charge is -2.46. The monoisotopic (exact) mass is 286 g/mol. The van der Waals surface area contributed by atoms with Gasteiger partial charge in [0, 0.05) is 24.7 Å². The molecule has 1 saturated heterocycles. The molecule has 2 nitrogen and oxygen atoms in total. The predicted octanol–water partition coefficient (Wildman–Crippen LogP) is 3.62. The summed E-state index contributed by atoms with van der Waals surface area (Å²) in [5.41, 5.74) is 0.282. The molecule has 0 radical (unpaired) electrons. The van der Waals surface area contributed by atoms with Gasteiger partial charge in [-0.05, 0) is 51.2 Å². The zero-order chi connectivity index (χ0) is 14.3. The van der Waals surface area contributed by atoms with Gasteiger partial charge in [-0.1, -0.05) is 26.7 Å². The largest absolute Gasteiger partial charge is 0.309 e. The lowest BCUT2D eigenvalue weighted by atomic mass is 9.93. The molecule has 1 N–H and O–H groups in total. The fourth-order valence-corrected chi connectivity index (χ4v) is 3.50. The van der Waals surface area contributed by atoms with Crippen molar-refractivity contribution >= 4 is 11.8 Å². The van der Waals surface area contributed by atoms with Gasteiger partial charge >= 0.3 is 0 Å². The van der Waals surface area contributed by atoms with Gasteiger partial charge in [-0.2, -0.15) is 11.8 Å². The van der Waals surface area contributed by atoms with Gasteiger partial charge in [0.05, 0.1) is 0 Å². The van der Waals surface area contributed by atoms with E-state index in [0.717, 1.165) is 18.5 Å². The van der Waals surface area contributed by atoms with E-state index in [-0.39, 0.29) is 5.54 Å². The Hall–Kier alpha value is 0.270. The molecule has 1 heterocycles. The Labute approximate surface area is 125 Å². The summed E-state index contributed by atoms with van der Waals surface area (Å²) in [4.78, 5) is 2.73. The highest BCUT2D eigenvalue weighted by Crippen LogP contribution is 2.21. The van der Waals surface area contributed by atoms with Gasteiger partial charge in [-0.25, -0.2) is 0 Å². The van der Waals surface area contributed by atoms with Crippen molar-refractivity contribution in [2.45, 2.75) is 65.0 Å². The van der Waals surface area contributed by atoms with Gasteiger partial charge < -0.3 is 5.32 Å². The molecule has 0 aromatic carbocycles. The van der Waals surface area contributed by atoms with Crippen LogP contribution in [0.5, 0.6) is 0 Å². The quantitative estimate of drug-likeness (QED) is 0.686. The Bertz CT molecular complexity index is 241. The second-order valence-corrected chi connectivity index (χ2v) is 7.94. The molecule has 1 rings (SSSR count). The molecule has 0 aliphatic carbocycles. The van der Waals surface area contributed by atoms with Crippen molar-refractivity contribution in [1.82, 2.24) is 10.2 Å². The van der Waals surface area contributed by atoms with Gasteiger partial charge in [0.2, 0.25) is 0 Å². The van der Waals surface area contributed by atoms with Crippen LogP contribution in [0.15, 0.2) is 0 Å². The summed E-state index contributed by atoms with van der Waals surface area (Å²) in [5, 5.41) is 3.69. The third-order valence-corrected chi connectivity index (χ3v) is 4.87. The molecule has 114 valence electrons. The topological polar surface area (TPSA) is 15.3 Å². The maximum atomic E-state index is 3.69. The fourth-order valence-electron chi connectivity index (χ4n) is 3.01. The summed E-state index contributed by atoms with van der Waals surface area (Å²) < 4.78 is 0. The van der Waals surface area contributed by atoms with Crippen molar-refractivity contribution in [3.63, 3.8) is 0 Å². The van der Waals surface area contributed by atoms with Crippen LogP contribution in [0, 0.1) is 5.92 Å². The molecule has 0 amide bonds. The van der Waals surface area contributed by atoms with Crippen LogP contribution in [0.1, 0.15) is 53.4 Å². The molecule has 1 fully saturated rings. The van der Waals surface area contributed by atoms with Crippen molar-refractivity contribution in [2.75, 3.05) is 31.6 Å². The van der Waals surface area contributed by atoms with Gasteiger partial charge in [0.25, 0.3) is 0 Å². The zero-order valence-electron chi connectivity index (χ0n) is 13.7. The number of nitrogens with one attached hydrogen (secondary N) is 1. The van der Waals surface area contributed by atoms with Crippen molar-refractivity contribution in [3.8, 4) is 0 Å². The summed E-state index contributed by atoms with van der Waals surface area (Å²) >= 11 is 1.97. The lowest BCUT2D eigenvalue weighted by Crippen LogP contribution is -2.62. The molecule has 0 aromatic heterocycles. The molecular formula is C16H34N2S. The van der Waals surface area contributed by atoms with Gasteiger partial charge in [0.1, 0.15) is 0 Å². The third kappa shape index (κ3) is 6.50. The molecule has 0 spiro atoms. The number of nitrogens with zero attached hydrogens (tertiary/aromatic N) is 1. The van der Waals surface area contributed by atoms with Crippen molar-refractivity contribution in [3.05, 3.63) is 0 Å². The average Bonchev–Trinajstić information content (AvgIpc) is 2.32. The Morgan fingerprint density at radius 3 is 2.53 bits per heavy atom. The van der Waals surface area contributed by atoms with Crippen molar-refractivity contribution in [1.29, 1.82) is 0 Å². The first-order valence-electron chi connectivity index (χ1n) is 7.94. The third-order valence-electron chi connectivity index (χ3n) is 4.17. The van der Waals surface area contributed by atoms with E-state index in [2.05, 4.69) is 44.2 Å². The summed E-state index contributed by atoms with van der Waals surface area (Å²) in [7, 11) is 0. The summed E-state index contributed by atoms with van der Waals surface area (Å²) in [6, 6.07) is 0.722. The van der Waals surface area contributed by atoms with E-state index in [0.29, 0.717) is 0 Å². The first-order valence-corrected chi connectivity index (χ1v) is 9.33. The SMILES string of the molecule is CSCCCCCCN1CC(C)(C)NCC1C(C)C. The number of piperazine rings is 1. The lowest BCUT2D eigenvalue weighted by molar-refractivity contribution is 0.0678. The maximum absolute atomic E-state index is 3.69. The number of hydrogen-bond donors (Lipinski definition) is 1. The van der Waals surface area contributed by atoms with Crippen molar-refractivity contribution < 1.29 is 0 Å². The molecule has 3 heteroatoms. The molecular weight excluding hydrogens is 252 g/mol. The summed E-state index contributed by atoms with van der Waals surface area (Å²) in [5.74, 6) is 2.08. The van der Waals surface area contributed by atoms with Crippen LogP contribution < -0.4 is 5.32 Å². The molecule has 19 heavy (non-hydrogen) atoms. The van der Waals surface area contributed by atoms with E-state index in [4.69, 9.17) is 0 Å². The number of rotatable bonds is 8. The van der Waals surface area contributed by atoms with Crippen LogP contribution in [-0.4, -0.2) is 48.1 Å². The summed E-state index contributed by atoms with van der Waals surface area (Å²) in [6.45, 7) is 13.0. The minimum atomic E-state index is 0.282. The molecule has 1 atom stereocenters. The number of thioether (sulfide) groups is 1. The van der Waals surface area contributed by atoms with E-state index < -0.39 is 0 Å². The molecule has 1 aliphatic heterocycles. The van der Waals surface area contributed by atoms with Crippen LogP contribution >= 0.6 is 11.8 Å². The zero-order valence-corrected chi connectivity index (χ0v) is 14.5. The first kappa shape index (κ1) is 17.3. The van der Waals surface area contributed by atoms with E-state index in [1.165, 1.54) is 44.5 Å². The highest BCUT2D eigenvalue weighted by atomic mass is 32.2. The van der Waals surface area contributed by atoms with Crippen molar-refractivity contribution in [2.24, 2.45) is 5.92 Å². The minimum Gasteiger partial charge on any atom is -0.309 e. The molecule has 0 bridgehead atoms. The predicted molar refractivity (Wildman–Crippen MR) is 89.1 cm³/mol. The smallest absolute Gasteiger partial charge is 0.0252 e. The Morgan fingerprint density at radius 1 is 1.21 bits per heavy atom. The minimum absolute atomic E-state index is 0.282. The maximum Gasteiger partial charge on any atom is 0.0252 e. The highest BCUT2D eigenvalue weighted by Gasteiger charge is 2.33. The van der Waals surface area contributed by atoms with Crippen LogP contribution in [0.25, 0.3) is 0 Å². The number of hydrogen-bond acceptors (Lipinski definition) is 3. The van der Waals surface area contributed by atoms with E-state index in [1.54, 1.807) is 0 Å². The second kappa shape index (κ2) is 8.53. The highest BCUT2D eigenvalue weighted by molar-refractivity contribution is 7.98. The fraction of sp³-hybridized carbons (Fsp3) is 1.00. The van der Waals surface area contributed by atoms with Crippen LogP contribution in [-0.2, 0) is 0 Å². The van der Waals surface area contributed by atoms with Crippen LogP contribution in [0.3, 0.4) is 0 Å². The van der Waals surface area contributed by atoms with E-state index >= 15 is 0 Å².